The highest BCUT2D eigenvalue weighted by atomic mass is 15.0. The average Bonchev–Trinajstić information content (AvgIpc) is 1.63. The third-order valence-electron chi connectivity index (χ3n) is 0.814. The Bertz CT molecular complexity index is 119. The van der Waals surface area contributed by atoms with Crippen molar-refractivity contribution in [2.24, 2.45) is 0 Å². The molecule has 0 spiro atoms. The van der Waals surface area contributed by atoms with E-state index in [0.717, 1.165) is 0 Å². The van der Waals surface area contributed by atoms with Crippen LogP contribution >= 0.6 is 0 Å². The molecule has 2 heteroatoms. The molecule has 2 nitrogen and oxygen atoms in total. The van der Waals surface area contributed by atoms with Gasteiger partial charge < -0.3 is 4.90 Å². The van der Waals surface area contributed by atoms with Gasteiger partial charge in [-0.15, -0.1) is 0 Å². The first-order valence-corrected chi connectivity index (χ1v) is 3.11. The number of allylic oxidation sites excluding steroid dienone is 1. The van der Waals surface area contributed by atoms with Crippen LogP contribution in [0.15, 0.2) is 12.3 Å². The Labute approximate surface area is 57.1 Å². The van der Waals surface area contributed by atoms with E-state index in [9.17, 15) is 0 Å². The van der Waals surface area contributed by atoms with Gasteiger partial charge in [0.2, 0.25) is 0 Å². The van der Waals surface area contributed by atoms with Crippen LogP contribution in [0.4, 0.5) is 0 Å². The lowest BCUT2D eigenvalue weighted by molar-refractivity contribution is -0.801. The van der Waals surface area contributed by atoms with Gasteiger partial charge in [-0.25, -0.2) is 4.58 Å². The van der Waals surface area contributed by atoms with Gasteiger partial charge in [0.1, 0.15) is 14.1 Å². The molecule has 0 atom stereocenters. The van der Waals surface area contributed by atoms with Crippen molar-refractivity contribution in [2.45, 2.75) is 0 Å². The summed E-state index contributed by atoms with van der Waals surface area (Å²) in [6.45, 7) is 0. The van der Waals surface area contributed by atoms with Crippen molar-refractivity contribution in [3.05, 3.63) is 12.3 Å². The van der Waals surface area contributed by atoms with Crippen molar-refractivity contribution in [1.29, 1.82) is 0 Å². The van der Waals surface area contributed by atoms with E-state index >= 15 is 0 Å². The highest BCUT2D eigenvalue weighted by Gasteiger charge is 1.80. The van der Waals surface area contributed by atoms with Gasteiger partial charge >= 0.3 is 0 Å². The van der Waals surface area contributed by atoms with Crippen molar-refractivity contribution >= 4 is 6.21 Å². The van der Waals surface area contributed by atoms with E-state index in [-0.39, 0.29) is 0 Å². The maximum atomic E-state index is 2.08. The first kappa shape index (κ1) is 8.37. The summed E-state index contributed by atoms with van der Waals surface area (Å²) < 4.78 is 2.01. The quantitative estimate of drug-likeness (QED) is 0.360. The van der Waals surface area contributed by atoms with Gasteiger partial charge in [-0.1, -0.05) is 0 Å². The molecule has 0 fully saturated rings. The maximum Gasteiger partial charge on any atom is 0.168 e. The molecule has 0 aromatic heterocycles. The van der Waals surface area contributed by atoms with Crippen molar-refractivity contribution in [3.63, 3.8) is 0 Å². The summed E-state index contributed by atoms with van der Waals surface area (Å²) in [5.41, 5.74) is 0. The third-order valence-corrected chi connectivity index (χ3v) is 0.814. The molecule has 0 aliphatic carbocycles. The van der Waals surface area contributed by atoms with E-state index in [4.69, 9.17) is 0 Å². The molecule has 0 rings (SSSR count). The minimum absolute atomic E-state index is 1.33. The zero-order valence-corrected chi connectivity index (χ0v) is 6.68. The Morgan fingerprint density at radius 3 is 2.11 bits per heavy atom. The van der Waals surface area contributed by atoms with E-state index < -0.39 is 0 Å². The lowest BCUT2D eigenvalue weighted by Gasteiger charge is -1.93. The maximum absolute atomic E-state index is 2.08. The standard InChI is InChI=1S/C7H15N2/c1-8(2)6-5-7-9(3)4/h5-7H,1-4H3/q+1/p+1. The predicted molar refractivity (Wildman–Crippen MR) is 40.1 cm³/mol. The summed E-state index contributed by atoms with van der Waals surface area (Å²) in [5, 5.41) is 0. The largest absolute Gasteiger partial charge is 0.313 e. The summed E-state index contributed by atoms with van der Waals surface area (Å²) >= 11 is 0. The topological polar surface area (TPSA) is 7.45 Å². The number of rotatable bonds is 2. The summed E-state index contributed by atoms with van der Waals surface area (Å²) in [4.78, 5) is 1.33. The van der Waals surface area contributed by atoms with Gasteiger partial charge in [0.25, 0.3) is 0 Å². The van der Waals surface area contributed by atoms with Gasteiger partial charge in [0.05, 0.1) is 26.4 Å². The fraction of sp³-hybridized carbons (Fsp3) is 0.571. The van der Waals surface area contributed by atoms with Crippen molar-refractivity contribution in [1.82, 2.24) is 0 Å². The van der Waals surface area contributed by atoms with Crippen LogP contribution in [-0.4, -0.2) is 39.0 Å². The average molecular weight is 128 g/mol. The fourth-order valence-electron chi connectivity index (χ4n) is 0.408. The van der Waals surface area contributed by atoms with Crippen LogP contribution in [0.3, 0.4) is 0 Å². The van der Waals surface area contributed by atoms with Crippen LogP contribution in [0.1, 0.15) is 0 Å². The van der Waals surface area contributed by atoms with Crippen molar-refractivity contribution in [2.75, 3.05) is 28.2 Å². The zero-order valence-electron chi connectivity index (χ0n) is 6.68. The second kappa shape index (κ2) is 4.27. The number of hydrogen-bond acceptors (Lipinski definition) is 0. The lowest BCUT2D eigenvalue weighted by Crippen LogP contribution is -3.00. The Hall–Kier alpha value is -0.630. The predicted octanol–water partition coefficient (Wildman–Crippen LogP) is -1.01. The molecule has 0 saturated carbocycles. The second-order valence-electron chi connectivity index (χ2n) is 2.55. The highest BCUT2D eigenvalue weighted by Crippen LogP contribution is 1.55. The molecule has 0 saturated heterocycles. The normalized spacial score (nSPS) is 10.8. The molecule has 0 aromatic rings. The van der Waals surface area contributed by atoms with Crippen molar-refractivity contribution < 1.29 is 9.48 Å². The molecule has 0 unspecified atom stereocenters. The van der Waals surface area contributed by atoms with E-state index in [0.29, 0.717) is 0 Å². The molecule has 52 valence electrons. The minimum Gasteiger partial charge on any atom is -0.313 e. The van der Waals surface area contributed by atoms with E-state index in [1.807, 2.05) is 31.0 Å². The summed E-state index contributed by atoms with van der Waals surface area (Å²) in [7, 11) is 8.19. The van der Waals surface area contributed by atoms with Gasteiger partial charge in [0.15, 0.2) is 6.21 Å². The van der Waals surface area contributed by atoms with Crippen LogP contribution in [0.5, 0.6) is 0 Å². The van der Waals surface area contributed by atoms with Gasteiger partial charge in [0, 0.05) is 0 Å². The Balaban J connectivity index is 3.60. The van der Waals surface area contributed by atoms with Crippen LogP contribution in [-0.2, 0) is 0 Å². The van der Waals surface area contributed by atoms with Gasteiger partial charge in [-0.3, -0.25) is 0 Å². The molecule has 1 N–H and O–H groups in total. The number of nitrogens with zero attached hydrogens (tertiary/aromatic N) is 1. The zero-order chi connectivity index (χ0) is 7.28. The summed E-state index contributed by atoms with van der Waals surface area (Å²) in [6.07, 6.45) is 6.14. The van der Waals surface area contributed by atoms with Gasteiger partial charge in [-0.2, -0.15) is 0 Å². The smallest absolute Gasteiger partial charge is 0.168 e. The molecule has 9 heavy (non-hydrogen) atoms. The lowest BCUT2D eigenvalue weighted by atomic mass is 10.6. The first-order chi connectivity index (χ1) is 4.13. The molecule has 0 aliphatic heterocycles. The minimum atomic E-state index is 1.33. The van der Waals surface area contributed by atoms with Crippen LogP contribution in [0, 0.1) is 0 Å². The van der Waals surface area contributed by atoms with Crippen LogP contribution in [0.25, 0.3) is 0 Å². The summed E-state index contributed by atoms with van der Waals surface area (Å²) in [5.74, 6) is 0. The molecule has 0 bridgehead atoms. The molecule has 0 aromatic carbocycles. The number of nitrogens with one attached hydrogen (secondary N) is 1. The SMILES string of the molecule is C[N+](C)=C/C=C/[NH+](C)C. The molecular formula is C7H16N2+2. The van der Waals surface area contributed by atoms with E-state index in [2.05, 4.69) is 20.3 Å². The molecule has 0 amide bonds. The van der Waals surface area contributed by atoms with E-state index in [1.165, 1.54) is 4.90 Å². The Kier molecular flexibility index (Phi) is 3.97. The van der Waals surface area contributed by atoms with Crippen molar-refractivity contribution in [3.8, 4) is 0 Å². The Morgan fingerprint density at radius 2 is 1.78 bits per heavy atom. The molecule has 0 aliphatic rings. The highest BCUT2D eigenvalue weighted by molar-refractivity contribution is 5.65. The second-order valence-corrected chi connectivity index (χ2v) is 2.55. The molecular weight excluding hydrogens is 112 g/mol. The number of quaternary nitrogens is 1. The first-order valence-electron chi connectivity index (χ1n) is 3.11. The summed E-state index contributed by atoms with van der Waals surface area (Å²) in [6, 6.07) is 0. The van der Waals surface area contributed by atoms with E-state index in [1.54, 1.807) is 0 Å². The number of hydrogen-bond donors (Lipinski definition) is 1. The molecule has 0 heterocycles. The van der Waals surface area contributed by atoms with Crippen LogP contribution < -0.4 is 4.90 Å². The third kappa shape index (κ3) is 7.37. The van der Waals surface area contributed by atoms with Crippen LogP contribution in [0.2, 0.25) is 0 Å². The Morgan fingerprint density at radius 1 is 1.22 bits per heavy atom. The van der Waals surface area contributed by atoms with Gasteiger partial charge in [-0.05, 0) is 0 Å². The molecule has 0 radical (unpaired) electrons. The monoisotopic (exact) mass is 128 g/mol. The fourth-order valence-corrected chi connectivity index (χ4v) is 0.408.